The monoisotopic (exact) mass is 338 g/mol. The van der Waals surface area contributed by atoms with Crippen molar-refractivity contribution < 1.29 is 9.64 Å². The zero-order chi connectivity index (χ0) is 18.1. The molecule has 1 saturated heterocycles. The van der Waals surface area contributed by atoms with Crippen LogP contribution in [0.25, 0.3) is 0 Å². The molecule has 0 amide bonds. The van der Waals surface area contributed by atoms with Crippen molar-refractivity contribution in [2.45, 2.75) is 60.2 Å². The summed E-state index contributed by atoms with van der Waals surface area (Å²) in [4.78, 5) is 1.63. The topological polar surface area (TPSA) is 13.7 Å². The van der Waals surface area contributed by atoms with Crippen molar-refractivity contribution in [3.8, 4) is 0 Å². The average molecular weight is 339 g/mol. The minimum absolute atomic E-state index is 0.193. The van der Waals surface area contributed by atoms with Crippen molar-refractivity contribution in [2.75, 3.05) is 13.2 Å². The van der Waals surface area contributed by atoms with Crippen LogP contribution < -0.4 is 4.90 Å². The van der Waals surface area contributed by atoms with Gasteiger partial charge in [0.05, 0.1) is 6.61 Å². The van der Waals surface area contributed by atoms with Crippen molar-refractivity contribution in [1.29, 1.82) is 0 Å². The van der Waals surface area contributed by atoms with Gasteiger partial charge in [-0.05, 0) is 74.9 Å². The van der Waals surface area contributed by atoms with Gasteiger partial charge in [-0.15, -0.1) is 0 Å². The molecule has 0 bridgehead atoms. The summed E-state index contributed by atoms with van der Waals surface area (Å²) in [7, 11) is 0. The van der Waals surface area contributed by atoms with Gasteiger partial charge in [0.1, 0.15) is 25.2 Å². The van der Waals surface area contributed by atoms with Crippen molar-refractivity contribution >= 4 is 0 Å². The van der Waals surface area contributed by atoms with Crippen LogP contribution >= 0.6 is 0 Å². The van der Waals surface area contributed by atoms with Gasteiger partial charge < -0.3 is 9.64 Å². The van der Waals surface area contributed by atoms with Crippen molar-refractivity contribution in [2.24, 2.45) is 0 Å². The predicted molar refractivity (Wildman–Crippen MR) is 104 cm³/mol. The second-order valence-corrected chi connectivity index (χ2v) is 7.68. The number of rotatable bonds is 3. The number of ether oxygens (including phenoxy) is 1. The maximum atomic E-state index is 6.15. The van der Waals surface area contributed by atoms with Crippen LogP contribution in [0.4, 0.5) is 0 Å². The third-order valence-corrected chi connectivity index (χ3v) is 6.51. The van der Waals surface area contributed by atoms with E-state index in [0.717, 1.165) is 19.7 Å². The quantitative estimate of drug-likeness (QED) is 0.899. The SMILES string of the molecule is Cc1c(C)c(C)c(C[NH+]2CCO[C@H](c3ccccc3)[C@@H]2C)c(C)c1C. The van der Waals surface area contributed by atoms with Crippen molar-refractivity contribution in [1.82, 2.24) is 0 Å². The number of nitrogens with one attached hydrogen (secondary N) is 1. The van der Waals surface area contributed by atoms with E-state index < -0.39 is 0 Å². The lowest BCUT2D eigenvalue weighted by atomic mass is 9.89. The second-order valence-electron chi connectivity index (χ2n) is 7.68. The van der Waals surface area contributed by atoms with Crippen molar-refractivity contribution in [3.63, 3.8) is 0 Å². The molecule has 3 atom stereocenters. The highest BCUT2D eigenvalue weighted by Gasteiger charge is 2.34. The van der Waals surface area contributed by atoms with E-state index in [9.17, 15) is 0 Å². The molecule has 1 fully saturated rings. The minimum Gasteiger partial charge on any atom is -0.361 e. The van der Waals surface area contributed by atoms with Gasteiger partial charge in [-0.3, -0.25) is 0 Å². The Hall–Kier alpha value is -1.64. The van der Waals surface area contributed by atoms with E-state index >= 15 is 0 Å². The van der Waals surface area contributed by atoms with Crippen LogP contribution in [0.15, 0.2) is 30.3 Å². The molecular formula is C23H32NO+. The lowest BCUT2D eigenvalue weighted by Crippen LogP contribution is -3.16. The summed E-state index contributed by atoms with van der Waals surface area (Å²) >= 11 is 0. The van der Waals surface area contributed by atoms with E-state index in [1.165, 1.54) is 38.9 Å². The Balaban J connectivity index is 1.88. The fourth-order valence-electron chi connectivity index (χ4n) is 4.25. The van der Waals surface area contributed by atoms with Crippen LogP contribution in [0.1, 0.15) is 52.0 Å². The summed E-state index contributed by atoms with van der Waals surface area (Å²) in [6, 6.07) is 11.1. The van der Waals surface area contributed by atoms with Gasteiger partial charge in [0.2, 0.25) is 0 Å². The van der Waals surface area contributed by atoms with Crippen molar-refractivity contribution in [3.05, 3.63) is 69.3 Å². The smallest absolute Gasteiger partial charge is 0.134 e. The molecule has 2 aromatic carbocycles. The Bertz CT molecular complexity index is 721. The summed E-state index contributed by atoms with van der Waals surface area (Å²) in [6.45, 7) is 16.7. The number of morpholine rings is 1. The molecule has 134 valence electrons. The van der Waals surface area contributed by atoms with E-state index in [1.54, 1.807) is 4.90 Å². The molecule has 3 rings (SSSR count). The fourth-order valence-corrected chi connectivity index (χ4v) is 4.25. The highest BCUT2D eigenvalue weighted by atomic mass is 16.5. The number of benzene rings is 2. The molecule has 0 spiro atoms. The van der Waals surface area contributed by atoms with E-state index in [4.69, 9.17) is 4.74 Å². The molecule has 1 heterocycles. The molecule has 0 radical (unpaired) electrons. The standard InChI is InChI=1S/C23H31NO/c1-15-16(2)18(4)22(19(5)17(15)3)14-24-12-13-25-23(20(24)6)21-10-8-7-9-11-21/h7-11,20,23H,12-14H2,1-6H3/p+1/t20-,23-/m0/s1. The number of hydrogen-bond donors (Lipinski definition) is 1. The normalized spacial score (nSPS) is 23.7. The second kappa shape index (κ2) is 7.31. The van der Waals surface area contributed by atoms with Gasteiger partial charge in [-0.1, -0.05) is 30.3 Å². The number of quaternary nitrogens is 1. The van der Waals surface area contributed by atoms with Crippen LogP contribution in [0.2, 0.25) is 0 Å². The van der Waals surface area contributed by atoms with Gasteiger partial charge in [-0.25, -0.2) is 0 Å². The van der Waals surface area contributed by atoms with Gasteiger partial charge in [-0.2, -0.15) is 0 Å². The highest BCUT2D eigenvalue weighted by molar-refractivity contribution is 5.49. The van der Waals surface area contributed by atoms with E-state index in [1.807, 2.05) is 0 Å². The molecule has 2 aromatic rings. The summed E-state index contributed by atoms with van der Waals surface area (Å²) in [6.07, 6.45) is 0.193. The summed E-state index contributed by atoms with van der Waals surface area (Å²) < 4.78 is 6.15. The first-order valence-electron chi connectivity index (χ1n) is 9.48. The minimum atomic E-state index is 0.193. The van der Waals surface area contributed by atoms with E-state index in [-0.39, 0.29) is 6.10 Å². The van der Waals surface area contributed by atoms with E-state index in [0.29, 0.717) is 6.04 Å². The Labute approximate surface area is 152 Å². The molecule has 1 N–H and O–H groups in total. The Morgan fingerprint density at radius 2 is 1.44 bits per heavy atom. The average Bonchev–Trinajstić information content (AvgIpc) is 2.64. The highest BCUT2D eigenvalue weighted by Crippen LogP contribution is 2.26. The van der Waals surface area contributed by atoms with Crippen LogP contribution in [0.5, 0.6) is 0 Å². The Kier molecular flexibility index (Phi) is 5.31. The van der Waals surface area contributed by atoms with Gasteiger partial charge in [0.15, 0.2) is 0 Å². The van der Waals surface area contributed by atoms with Crippen LogP contribution in [-0.2, 0) is 11.3 Å². The molecule has 0 saturated carbocycles. The maximum Gasteiger partial charge on any atom is 0.134 e. The molecule has 2 heteroatoms. The molecule has 0 aliphatic carbocycles. The van der Waals surface area contributed by atoms with Crippen LogP contribution in [-0.4, -0.2) is 19.2 Å². The maximum absolute atomic E-state index is 6.15. The van der Waals surface area contributed by atoms with Crippen LogP contribution in [0, 0.1) is 34.6 Å². The summed E-state index contributed by atoms with van der Waals surface area (Å²) in [5.74, 6) is 0. The molecule has 1 aliphatic heterocycles. The number of hydrogen-bond acceptors (Lipinski definition) is 1. The predicted octanol–water partition coefficient (Wildman–Crippen LogP) is 3.77. The fraction of sp³-hybridized carbons (Fsp3) is 0.478. The first-order valence-corrected chi connectivity index (χ1v) is 9.48. The zero-order valence-electron chi connectivity index (χ0n) is 16.6. The zero-order valence-corrected chi connectivity index (χ0v) is 16.6. The lowest BCUT2D eigenvalue weighted by Gasteiger charge is -2.37. The van der Waals surface area contributed by atoms with Gasteiger partial charge in [0.25, 0.3) is 0 Å². The first kappa shape index (κ1) is 18.2. The molecule has 1 aliphatic rings. The Morgan fingerprint density at radius 3 is 2.04 bits per heavy atom. The molecule has 2 nitrogen and oxygen atoms in total. The molecule has 25 heavy (non-hydrogen) atoms. The largest absolute Gasteiger partial charge is 0.361 e. The van der Waals surface area contributed by atoms with Gasteiger partial charge in [0, 0.05) is 5.56 Å². The third kappa shape index (κ3) is 3.38. The van der Waals surface area contributed by atoms with E-state index in [2.05, 4.69) is 71.9 Å². The van der Waals surface area contributed by atoms with Crippen LogP contribution in [0.3, 0.4) is 0 Å². The Morgan fingerprint density at radius 1 is 0.880 bits per heavy atom. The lowest BCUT2D eigenvalue weighted by molar-refractivity contribution is -0.950. The summed E-state index contributed by atoms with van der Waals surface area (Å²) in [5.41, 5.74) is 10.2. The first-order chi connectivity index (χ1) is 11.9. The molecule has 0 aromatic heterocycles. The molecular weight excluding hydrogens is 306 g/mol. The van der Waals surface area contributed by atoms with Gasteiger partial charge >= 0.3 is 0 Å². The summed E-state index contributed by atoms with van der Waals surface area (Å²) in [5, 5.41) is 0. The molecule has 1 unspecified atom stereocenters. The third-order valence-electron chi connectivity index (χ3n) is 6.51.